The first-order chi connectivity index (χ1) is 9.36. The number of methoxy groups -OCH3 is 1. The molecule has 0 rings (SSSR count). The lowest BCUT2D eigenvalue weighted by molar-refractivity contribution is -0.141. The Hall–Kier alpha value is -1.85. The highest BCUT2D eigenvalue weighted by Crippen LogP contribution is 2.00. The van der Waals surface area contributed by atoms with Crippen LogP contribution in [0.5, 0.6) is 0 Å². The monoisotopic (exact) mass is 284 g/mol. The van der Waals surface area contributed by atoms with E-state index in [4.69, 9.17) is 0 Å². The summed E-state index contributed by atoms with van der Waals surface area (Å²) in [4.78, 5) is 35.5. The number of ether oxygens (including phenoxy) is 1. The minimum absolute atomic E-state index is 0.0956. The van der Waals surface area contributed by atoms with E-state index < -0.39 is 0 Å². The highest BCUT2D eigenvalue weighted by atomic mass is 16.5. The number of esters is 1. The molecule has 1 N–H and O–H groups in total. The molecular formula is C14H24N2O4. The molecule has 6 heteroatoms. The van der Waals surface area contributed by atoms with Gasteiger partial charge in [-0.15, -0.1) is 0 Å². The van der Waals surface area contributed by atoms with E-state index >= 15 is 0 Å². The summed E-state index contributed by atoms with van der Waals surface area (Å²) in [6.07, 6.45) is 2.34. The highest BCUT2D eigenvalue weighted by Gasteiger charge is 2.13. The van der Waals surface area contributed by atoms with Crippen molar-refractivity contribution in [1.82, 2.24) is 10.2 Å². The lowest BCUT2D eigenvalue weighted by Crippen LogP contribution is -2.35. The first-order valence-corrected chi connectivity index (χ1v) is 6.62. The van der Waals surface area contributed by atoms with Gasteiger partial charge < -0.3 is 15.0 Å². The maximum Gasteiger partial charge on any atom is 0.307 e. The van der Waals surface area contributed by atoms with Gasteiger partial charge in [0.1, 0.15) is 0 Å². The van der Waals surface area contributed by atoms with Gasteiger partial charge in [0.05, 0.1) is 13.5 Å². The van der Waals surface area contributed by atoms with Gasteiger partial charge in [-0.2, -0.15) is 0 Å². The molecule has 0 aliphatic rings. The van der Waals surface area contributed by atoms with Gasteiger partial charge in [-0.1, -0.05) is 5.57 Å². The molecule has 0 atom stereocenters. The van der Waals surface area contributed by atoms with Gasteiger partial charge in [-0.25, -0.2) is 0 Å². The van der Waals surface area contributed by atoms with E-state index in [2.05, 4.69) is 10.1 Å². The van der Waals surface area contributed by atoms with Gasteiger partial charge >= 0.3 is 5.97 Å². The molecule has 6 nitrogen and oxygen atoms in total. The van der Waals surface area contributed by atoms with Crippen LogP contribution in [-0.2, 0) is 19.1 Å². The normalized spacial score (nSPS) is 9.60. The zero-order valence-electron chi connectivity index (χ0n) is 12.7. The van der Waals surface area contributed by atoms with Crippen molar-refractivity contribution < 1.29 is 19.1 Å². The number of nitrogens with zero attached hydrogens (tertiary/aromatic N) is 1. The van der Waals surface area contributed by atoms with Gasteiger partial charge in [-0.3, -0.25) is 14.4 Å². The molecule has 0 aromatic carbocycles. The minimum atomic E-state index is -0.345. The van der Waals surface area contributed by atoms with Crippen molar-refractivity contribution >= 4 is 17.8 Å². The Balaban J connectivity index is 4.38. The molecule has 0 saturated carbocycles. The van der Waals surface area contributed by atoms with E-state index in [1.807, 2.05) is 13.8 Å². The maximum atomic E-state index is 12.0. The minimum Gasteiger partial charge on any atom is -0.469 e. The molecular weight excluding hydrogens is 260 g/mol. The fourth-order valence-corrected chi connectivity index (χ4v) is 1.53. The van der Waals surface area contributed by atoms with Crippen LogP contribution < -0.4 is 5.32 Å². The first kappa shape index (κ1) is 18.1. The van der Waals surface area contributed by atoms with Crippen molar-refractivity contribution in [3.05, 3.63) is 11.6 Å². The SMILES string of the molecule is COC(=O)CCN(CCCNC(C)=O)C(=O)C=C(C)C. The zero-order chi connectivity index (χ0) is 15.5. The second-order valence-electron chi connectivity index (χ2n) is 4.71. The molecule has 0 aromatic heterocycles. The first-order valence-electron chi connectivity index (χ1n) is 6.62. The molecule has 0 unspecified atom stereocenters. The smallest absolute Gasteiger partial charge is 0.307 e. The highest BCUT2D eigenvalue weighted by molar-refractivity contribution is 5.88. The summed E-state index contributed by atoms with van der Waals surface area (Å²) in [6.45, 7) is 6.44. The Morgan fingerprint density at radius 1 is 1.15 bits per heavy atom. The Morgan fingerprint density at radius 3 is 2.30 bits per heavy atom. The average molecular weight is 284 g/mol. The van der Waals surface area contributed by atoms with Crippen molar-refractivity contribution in [1.29, 1.82) is 0 Å². The standard InChI is InChI=1S/C14H24N2O4/c1-11(2)10-13(18)16(9-6-14(19)20-4)8-5-7-15-12(3)17/h10H,5-9H2,1-4H3,(H,15,17). The summed E-state index contributed by atoms with van der Waals surface area (Å²) >= 11 is 0. The number of hydrogen-bond acceptors (Lipinski definition) is 4. The molecule has 0 aliphatic carbocycles. The van der Waals surface area contributed by atoms with Crippen LogP contribution in [0.25, 0.3) is 0 Å². The summed E-state index contributed by atoms with van der Waals surface area (Å²) < 4.78 is 4.57. The average Bonchev–Trinajstić information content (AvgIpc) is 2.35. The largest absolute Gasteiger partial charge is 0.469 e. The van der Waals surface area contributed by atoms with Crippen LogP contribution in [0.3, 0.4) is 0 Å². The van der Waals surface area contributed by atoms with Gasteiger partial charge in [0.25, 0.3) is 0 Å². The Labute approximate surface area is 120 Å². The molecule has 0 saturated heterocycles. The Kier molecular flexibility index (Phi) is 9.07. The van der Waals surface area contributed by atoms with E-state index in [0.29, 0.717) is 26.1 Å². The third-order valence-corrected chi connectivity index (χ3v) is 2.52. The van der Waals surface area contributed by atoms with Crippen molar-refractivity contribution in [2.75, 3.05) is 26.7 Å². The van der Waals surface area contributed by atoms with Gasteiger partial charge in [0.2, 0.25) is 11.8 Å². The number of carbonyl (C=O) groups excluding carboxylic acids is 3. The predicted molar refractivity (Wildman–Crippen MR) is 75.9 cm³/mol. The molecule has 2 amide bonds. The molecule has 0 bridgehead atoms. The Bertz CT molecular complexity index is 373. The van der Waals surface area contributed by atoms with Gasteiger partial charge in [-0.05, 0) is 20.3 Å². The molecule has 0 heterocycles. The molecule has 0 radical (unpaired) electrons. The van der Waals surface area contributed by atoms with Crippen LogP contribution in [0.2, 0.25) is 0 Å². The number of carbonyl (C=O) groups is 3. The lowest BCUT2D eigenvalue weighted by Gasteiger charge is -2.21. The fraction of sp³-hybridized carbons (Fsp3) is 0.643. The zero-order valence-corrected chi connectivity index (χ0v) is 12.7. The molecule has 0 spiro atoms. The van der Waals surface area contributed by atoms with Crippen molar-refractivity contribution in [2.45, 2.75) is 33.6 Å². The van der Waals surface area contributed by atoms with E-state index in [1.54, 1.807) is 4.90 Å². The van der Waals surface area contributed by atoms with Crippen LogP contribution in [0, 0.1) is 0 Å². The second kappa shape index (κ2) is 10.00. The Morgan fingerprint density at radius 2 is 1.80 bits per heavy atom. The number of allylic oxidation sites excluding steroid dienone is 1. The van der Waals surface area contributed by atoms with Crippen molar-refractivity contribution in [3.8, 4) is 0 Å². The van der Waals surface area contributed by atoms with Crippen molar-refractivity contribution in [2.24, 2.45) is 0 Å². The van der Waals surface area contributed by atoms with Gasteiger partial charge in [0, 0.05) is 32.6 Å². The van der Waals surface area contributed by atoms with E-state index in [9.17, 15) is 14.4 Å². The number of hydrogen-bond donors (Lipinski definition) is 1. The lowest BCUT2D eigenvalue weighted by atomic mass is 10.2. The number of amides is 2. The summed E-state index contributed by atoms with van der Waals surface area (Å²) in [5, 5.41) is 2.67. The summed E-state index contributed by atoms with van der Waals surface area (Å²) in [5.41, 5.74) is 0.903. The topological polar surface area (TPSA) is 75.7 Å². The quantitative estimate of drug-likeness (QED) is 0.408. The second-order valence-corrected chi connectivity index (χ2v) is 4.71. The van der Waals surface area contributed by atoms with E-state index in [-0.39, 0.29) is 24.2 Å². The number of rotatable bonds is 8. The van der Waals surface area contributed by atoms with Crippen LogP contribution in [0.15, 0.2) is 11.6 Å². The van der Waals surface area contributed by atoms with Crippen molar-refractivity contribution in [3.63, 3.8) is 0 Å². The summed E-state index contributed by atoms with van der Waals surface area (Å²) in [5.74, 6) is -0.569. The van der Waals surface area contributed by atoms with E-state index in [0.717, 1.165) is 5.57 Å². The molecule has 0 fully saturated rings. The van der Waals surface area contributed by atoms with Crippen LogP contribution >= 0.6 is 0 Å². The van der Waals surface area contributed by atoms with Crippen LogP contribution in [0.1, 0.15) is 33.6 Å². The number of nitrogens with one attached hydrogen (secondary N) is 1. The van der Waals surface area contributed by atoms with E-state index in [1.165, 1.54) is 20.1 Å². The fourth-order valence-electron chi connectivity index (χ4n) is 1.53. The molecule has 0 aliphatic heterocycles. The third-order valence-electron chi connectivity index (χ3n) is 2.52. The van der Waals surface area contributed by atoms with Crippen LogP contribution in [0.4, 0.5) is 0 Å². The molecule has 114 valence electrons. The maximum absolute atomic E-state index is 12.0. The molecule has 20 heavy (non-hydrogen) atoms. The van der Waals surface area contributed by atoms with Crippen LogP contribution in [-0.4, -0.2) is 49.4 Å². The van der Waals surface area contributed by atoms with Gasteiger partial charge in [0.15, 0.2) is 0 Å². The molecule has 0 aromatic rings. The summed E-state index contributed by atoms with van der Waals surface area (Å²) in [7, 11) is 1.32. The summed E-state index contributed by atoms with van der Waals surface area (Å²) in [6, 6.07) is 0. The predicted octanol–water partition coefficient (Wildman–Crippen LogP) is 0.870. The third kappa shape index (κ3) is 9.13.